The molecule has 15 heavy (non-hydrogen) atoms. The number of carbonyl (C=O) groups excluding carboxylic acids is 1. The van der Waals surface area contributed by atoms with Crippen molar-refractivity contribution in [3.8, 4) is 0 Å². The van der Waals surface area contributed by atoms with E-state index in [1.165, 1.54) is 10.9 Å². The SMILES string of the molecule is CCOC(=O)c1ccnn1C(C)C(C)O. The Hall–Kier alpha value is -1.36. The van der Waals surface area contributed by atoms with Gasteiger partial charge >= 0.3 is 5.97 Å². The molecule has 1 rings (SSSR count). The van der Waals surface area contributed by atoms with Crippen LogP contribution in [-0.2, 0) is 4.74 Å². The summed E-state index contributed by atoms with van der Waals surface area (Å²) in [5.41, 5.74) is 0.366. The molecular weight excluding hydrogens is 196 g/mol. The lowest BCUT2D eigenvalue weighted by atomic mass is 10.2. The molecule has 0 aliphatic rings. The van der Waals surface area contributed by atoms with Gasteiger partial charge in [0.15, 0.2) is 0 Å². The van der Waals surface area contributed by atoms with Crippen LogP contribution in [0.5, 0.6) is 0 Å². The highest BCUT2D eigenvalue weighted by atomic mass is 16.5. The Bertz CT molecular complexity index is 333. The summed E-state index contributed by atoms with van der Waals surface area (Å²) in [4.78, 5) is 11.5. The monoisotopic (exact) mass is 212 g/mol. The summed E-state index contributed by atoms with van der Waals surface area (Å²) in [6.45, 7) is 5.52. The summed E-state index contributed by atoms with van der Waals surface area (Å²) in [6, 6.07) is 1.33. The van der Waals surface area contributed by atoms with Crippen LogP contribution in [0.4, 0.5) is 0 Å². The average molecular weight is 212 g/mol. The third kappa shape index (κ3) is 2.56. The molecule has 0 saturated carbocycles. The number of hydrogen-bond donors (Lipinski definition) is 1. The summed E-state index contributed by atoms with van der Waals surface area (Å²) in [5, 5.41) is 13.4. The van der Waals surface area contributed by atoms with Crippen LogP contribution >= 0.6 is 0 Å². The average Bonchev–Trinajstić information content (AvgIpc) is 2.65. The van der Waals surface area contributed by atoms with Gasteiger partial charge in [0.1, 0.15) is 5.69 Å². The summed E-state index contributed by atoms with van der Waals surface area (Å²) >= 11 is 0. The normalized spacial score (nSPS) is 14.7. The van der Waals surface area contributed by atoms with Crippen LogP contribution in [0.25, 0.3) is 0 Å². The first-order valence-electron chi connectivity index (χ1n) is 4.96. The van der Waals surface area contributed by atoms with Gasteiger partial charge in [0, 0.05) is 6.20 Å². The topological polar surface area (TPSA) is 64.3 Å². The third-order valence-electron chi connectivity index (χ3n) is 2.24. The van der Waals surface area contributed by atoms with E-state index >= 15 is 0 Å². The minimum atomic E-state index is -0.571. The van der Waals surface area contributed by atoms with E-state index in [1.54, 1.807) is 26.8 Å². The van der Waals surface area contributed by atoms with Crippen molar-refractivity contribution in [2.24, 2.45) is 0 Å². The van der Waals surface area contributed by atoms with Crippen LogP contribution in [0.3, 0.4) is 0 Å². The Morgan fingerprint density at radius 1 is 1.67 bits per heavy atom. The standard InChI is InChI=1S/C10H16N2O3/c1-4-15-10(14)9-5-6-11-12(9)7(2)8(3)13/h5-8,13H,4H2,1-3H3. The van der Waals surface area contributed by atoms with Crippen molar-refractivity contribution in [1.29, 1.82) is 0 Å². The number of carbonyl (C=O) groups is 1. The molecule has 0 aromatic carbocycles. The molecule has 5 nitrogen and oxygen atoms in total. The molecule has 5 heteroatoms. The summed E-state index contributed by atoms with van der Waals surface area (Å²) in [7, 11) is 0. The second kappa shape index (κ2) is 4.93. The second-order valence-electron chi connectivity index (χ2n) is 3.36. The van der Waals surface area contributed by atoms with Gasteiger partial charge in [-0.25, -0.2) is 4.79 Å². The van der Waals surface area contributed by atoms with Crippen molar-refractivity contribution in [3.63, 3.8) is 0 Å². The Morgan fingerprint density at radius 2 is 2.33 bits per heavy atom. The zero-order valence-electron chi connectivity index (χ0n) is 9.17. The van der Waals surface area contributed by atoms with E-state index in [1.807, 2.05) is 0 Å². The summed E-state index contributed by atoms with van der Waals surface area (Å²) < 4.78 is 6.35. The lowest BCUT2D eigenvalue weighted by molar-refractivity contribution is 0.0499. The summed E-state index contributed by atoms with van der Waals surface area (Å²) in [6.07, 6.45) is 0.948. The number of esters is 1. The summed E-state index contributed by atoms with van der Waals surface area (Å²) in [5.74, 6) is -0.414. The molecule has 1 heterocycles. The van der Waals surface area contributed by atoms with Gasteiger partial charge in [-0.15, -0.1) is 0 Å². The molecule has 0 aliphatic carbocycles. The highest BCUT2D eigenvalue weighted by Crippen LogP contribution is 2.13. The van der Waals surface area contributed by atoms with E-state index in [0.29, 0.717) is 12.3 Å². The van der Waals surface area contributed by atoms with E-state index in [4.69, 9.17) is 4.74 Å². The molecule has 1 aromatic heterocycles. The number of aromatic nitrogens is 2. The zero-order chi connectivity index (χ0) is 11.4. The smallest absolute Gasteiger partial charge is 0.356 e. The minimum Gasteiger partial charge on any atom is -0.461 e. The zero-order valence-corrected chi connectivity index (χ0v) is 9.17. The van der Waals surface area contributed by atoms with Crippen molar-refractivity contribution >= 4 is 5.97 Å². The van der Waals surface area contributed by atoms with Gasteiger partial charge in [0.05, 0.1) is 18.8 Å². The minimum absolute atomic E-state index is 0.251. The van der Waals surface area contributed by atoms with Crippen LogP contribution in [0.1, 0.15) is 37.3 Å². The maximum Gasteiger partial charge on any atom is 0.356 e. The van der Waals surface area contributed by atoms with Crippen LogP contribution in [0, 0.1) is 0 Å². The molecule has 1 aromatic rings. The van der Waals surface area contributed by atoms with Gasteiger partial charge < -0.3 is 9.84 Å². The van der Waals surface area contributed by atoms with Crippen molar-refractivity contribution < 1.29 is 14.6 Å². The van der Waals surface area contributed by atoms with Crippen molar-refractivity contribution in [3.05, 3.63) is 18.0 Å². The first kappa shape index (κ1) is 11.7. The Balaban J connectivity index is 2.91. The molecule has 1 N–H and O–H groups in total. The molecule has 0 bridgehead atoms. The predicted molar refractivity (Wildman–Crippen MR) is 54.6 cm³/mol. The molecule has 0 spiro atoms. The van der Waals surface area contributed by atoms with Gasteiger partial charge in [0.25, 0.3) is 0 Å². The van der Waals surface area contributed by atoms with E-state index in [0.717, 1.165) is 0 Å². The molecule has 0 radical (unpaired) electrons. The van der Waals surface area contributed by atoms with Gasteiger partial charge in [-0.05, 0) is 26.8 Å². The van der Waals surface area contributed by atoms with Crippen LogP contribution in [0.2, 0.25) is 0 Å². The number of aliphatic hydroxyl groups is 1. The van der Waals surface area contributed by atoms with Gasteiger partial charge in [-0.3, -0.25) is 4.68 Å². The van der Waals surface area contributed by atoms with E-state index in [-0.39, 0.29) is 6.04 Å². The molecule has 2 unspecified atom stereocenters. The lowest BCUT2D eigenvalue weighted by Gasteiger charge is -2.17. The fourth-order valence-electron chi connectivity index (χ4n) is 1.21. The third-order valence-corrected chi connectivity index (χ3v) is 2.24. The van der Waals surface area contributed by atoms with Crippen LogP contribution < -0.4 is 0 Å². The molecule has 2 atom stereocenters. The fourth-order valence-corrected chi connectivity index (χ4v) is 1.21. The maximum absolute atomic E-state index is 11.5. The van der Waals surface area contributed by atoms with E-state index in [2.05, 4.69) is 5.10 Å². The largest absolute Gasteiger partial charge is 0.461 e. The predicted octanol–water partition coefficient (Wildman–Crippen LogP) is 1.00. The maximum atomic E-state index is 11.5. The number of hydrogen-bond acceptors (Lipinski definition) is 4. The van der Waals surface area contributed by atoms with Crippen molar-refractivity contribution in [2.45, 2.75) is 32.9 Å². The molecule has 0 saturated heterocycles. The molecule has 0 amide bonds. The van der Waals surface area contributed by atoms with Gasteiger partial charge in [0.2, 0.25) is 0 Å². The van der Waals surface area contributed by atoms with Gasteiger partial charge in [-0.1, -0.05) is 0 Å². The molecule has 0 aliphatic heterocycles. The highest BCUT2D eigenvalue weighted by molar-refractivity contribution is 5.87. The molecular formula is C10H16N2O3. The van der Waals surface area contributed by atoms with E-state index < -0.39 is 12.1 Å². The quantitative estimate of drug-likeness (QED) is 0.756. The Labute approximate surface area is 88.7 Å². The highest BCUT2D eigenvalue weighted by Gasteiger charge is 2.19. The van der Waals surface area contributed by atoms with Crippen molar-refractivity contribution in [1.82, 2.24) is 9.78 Å². The Morgan fingerprint density at radius 3 is 2.87 bits per heavy atom. The lowest BCUT2D eigenvalue weighted by Crippen LogP contribution is -2.23. The fraction of sp³-hybridized carbons (Fsp3) is 0.600. The van der Waals surface area contributed by atoms with Crippen LogP contribution in [-0.4, -0.2) is 33.6 Å². The first-order valence-corrected chi connectivity index (χ1v) is 4.96. The van der Waals surface area contributed by atoms with E-state index in [9.17, 15) is 9.90 Å². The number of nitrogens with zero attached hydrogens (tertiary/aromatic N) is 2. The first-order chi connectivity index (χ1) is 7.07. The molecule has 0 fully saturated rings. The Kier molecular flexibility index (Phi) is 3.85. The van der Waals surface area contributed by atoms with Gasteiger partial charge in [-0.2, -0.15) is 5.10 Å². The second-order valence-corrected chi connectivity index (χ2v) is 3.36. The van der Waals surface area contributed by atoms with Crippen LogP contribution in [0.15, 0.2) is 12.3 Å². The number of aliphatic hydroxyl groups excluding tert-OH is 1. The van der Waals surface area contributed by atoms with Crippen molar-refractivity contribution in [2.75, 3.05) is 6.61 Å². The number of rotatable bonds is 4. The number of ether oxygens (including phenoxy) is 1. The molecule has 84 valence electrons.